The summed E-state index contributed by atoms with van der Waals surface area (Å²) in [5.74, 6) is 0.619. The van der Waals surface area contributed by atoms with Crippen molar-refractivity contribution in [3.63, 3.8) is 0 Å². The number of benzene rings is 1. The first-order valence-corrected chi connectivity index (χ1v) is 7.17. The number of hydrogen-bond acceptors (Lipinski definition) is 4. The molecule has 102 valence electrons. The zero-order chi connectivity index (χ0) is 14.1. The van der Waals surface area contributed by atoms with E-state index in [2.05, 4.69) is 4.98 Å². The van der Waals surface area contributed by atoms with Crippen LogP contribution < -0.4 is 4.74 Å². The summed E-state index contributed by atoms with van der Waals surface area (Å²) in [4.78, 5) is 17.0. The van der Waals surface area contributed by atoms with E-state index in [1.54, 1.807) is 18.3 Å². The number of aromatic nitrogens is 2. The summed E-state index contributed by atoms with van der Waals surface area (Å²) in [6, 6.07) is 5.63. The number of aryl methyl sites for hydroxylation is 1. The number of nitrogens with zero attached hydrogens (tertiary/aromatic N) is 2. The third-order valence-electron chi connectivity index (χ3n) is 3.03. The van der Waals surface area contributed by atoms with Crippen LogP contribution in [0.2, 0.25) is 0 Å². The van der Waals surface area contributed by atoms with E-state index in [1.165, 1.54) is 0 Å². The molecule has 0 bridgehead atoms. The van der Waals surface area contributed by atoms with E-state index in [1.807, 2.05) is 47.3 Å². The average Bonchev–Trinajstić information content (AvgIpc) is 2.97. The maximum atomic E-state index is 11.6. The number of carbonyl (C=O) groups excluding carboxylic acids is 1. The Hall–Kier alpha value is -2.14. The monoisotopic (exact) mass is 286 g/mol. The van der Waals surface area contributed by atoms with Crippen LogP contribution in [0.3, 0.4) is 0 Å². The molecule has 0 saturated heterocycles. The van der Waals surface area contributed by atoms with Gasteiger partial charge in [0.25, 0.3) is 0 Å². The van der Waals surface area contributed by atoms with Gasteiger partial charge in [0, 0.05) is 17.8 Å². The maximum absolute atomic E-state index is 11.6. The van der Waals surface area contributed by atoms with Gasteiger partial charge in [-0.05, 0) is 26.0 Å². The van der Waals surface area contributed by atoms with Crippen LogP contribution in [0.15, 0.2) is 36.0 Å². The Morgan fingerprint density at radius 1 is 1.45 bits per heavy atom. The number of carbonyl (C=O) groups is 1. The fourth-order valence-corrected chi connectivity index (χ4v) is 2.76. The fraction of sp³-hybridized carbons (Fsp3) is 0.200. The molecule has 0 aliphatic heterocycles. The molecule has 2 heterocycles. The minimum Gasteiger partial charge on any atom is -0.486 e. The zero-order valence-electron chi connectivity index (χ0n) is 11.3. The molecule has 0 spiro atoms. The molecular formula is C15H14N2O2S. The molecule has 20 heavy (non-hydrogen) atoms. The third kappa shape index (κ3) is 2.44. The molecular weight excluding hydrogens is 272 g/mol. The Morgan fingerprint density at radius 2 is 2.30 bits per heavy atom. The Kier molecular flexibility index (Phi) is 3.28. The van der Waals surface area contributed by atoms with Crippen molar-refractivity contribution < 1.29 is 9.53 Å². The van der Waals surface area contributed by atoms with Crippen LogP contribution in [0, 0.1) is 6.92 Å². The van der Waals surface area contributed by atoms with Gasteiger partial charge in [-0.1, -0.05) is 11.6 Å². The van der Waals surface area contributed by atoms with Crippen LogP contribution in [-0.2, 0) is 6.61 Å². The number of rotatable bonds is 4. The van der Waals surface area contributed by atoms with Crippen molar-refractivity contribution in [1.29, 1.82) is 0 Å². The van der Waals surface area contributed by atoms with Crippen molar-refractivity contribution in [2.75, 3.05) is 0 Å². The lowest BCUT2D eigenvalue weighted by Crippen LogP contribution is -2.02. The van der Waals surface area contributed by atoms with Gasteiger partial charge in [-0.25, -0.2) is 4.98 Å². The van der Waals surface area contributed by atoms with Gasteiger partial charge >= 0.3 is 0 Å². The van der Waals surface area contributed by atoms with Gasteiger partial charge in [-0.3, -0.25) is 9.20 Å². The molecule has 0 fully saturated rings. The summed E-state index contributed by atoms with van der Waals surface area (Å²) in [5, 5.41) is 1.99. The number of thiazole rings is 1. The topological polar surface area (TPSA) is 43.6 Å². The highest BCUT2D eigenvalue weighted by Crippen LogP contribution is 2.22. The first-order chi connectivity index (χ1) is 9.63. The molecule has 1 aromatic carbocycles. The number of fused-ring (bicyclic) bond motifs is 1. The van der Waals surface area contributed by atoms with Crippen molar-refractivity contribution in [3.05, 3.63) is 52.8 Å². The molecule has 3 rings (SSSR count). The summed E-state index contributed by atoms with van der Waals surface area (Å²) in [6.45, 7) is 3.87. The van der Waals surface area contributed by atoms with Gasteiger partial charge in [0.05, 0.1) is 11.3 Å². The second-order valence-electron chi connectivity index (χ2n) is 4.67. The number of ketones is 1. The van der Waals surface area contributed by atoms with Crippen LogP contribution in [0.4, 0.5) is 0 Å². The lowest BCUT2D eigenvalue weighted by atomic mass is 10.1. The standard InChI is InChI=1S/C15H14N2O2S/c1-10-3-4-14(13(7-10)11(2)18)19-9-12-8-17-5-6-20-15(17)16-12/h3-8H,9H2,1-2H3. The number of imidazole rings is 1. The van der Waals surface area contributed by atoms with Crippen molar-refractivity contribution in [1.82, 2.24) is 9.38 Å². The van der Waals surface area contributed by atoms with Crippen LogP contribution in [-0.4, -0.2) is 15.2 Å². The molecule has 4 nitrogen and oxygen atoms in total. The molecule has 0 radical (unpaired) electrons. The van der Waals surface area contributed by atoms with Gasteiger partial charge in [0.15, 0.2) is 10.7 Å². The largest absolute Gasteiger partial charge is 0.486 e. The van der Waals surface area contributed by atoms with E-state index in [0.717, 1.165) is 16.2 Å². The average molecular weight is 286 g/mol. The van der Waals surface area contributed by atoms with E-state index >= 15 is 0 Å². The van der Waals surface area contributed by atoms with Crippen molar-refractivity contribution in [2.45, 2.75) is 20.5 Å². The van der Waals surface area contributed by atoms with E-state index in [0.29, 0.717) is 17.9 Å². The van der Waals surface area contributed by atoms with Crippen LogP contribution in [0.25, 0.3) is 4.96 Å². The van der Waals surface area contributed by atoms with Crippen LogP contribution in [0.5, 0.6) is 5.75 Å². The molecule has 3 aromatic rings. The fourth-order valence-electron chi connectivity index (χ4n) is 2.04. The lowest BCUT2D eigenvalue weighted by Gasteiger charge is -2.09. The Balaban J connectivity index is 1.81. The van der Waals surface area contributed by atoms with Crippen LogP contribution >= 0.6 is 11.3 Å². The summed E-state index contributed by atoms with van der Waals surface area (Å²) in [5.41, 5.74) is 2.52. The van der Waals surface area contributed by atoms with Crippen molar-refractivity contribution >= 4 is 22.1 Å². The first-order valence-electron chi connectivity index (χ1n) is 6.29. The summed E-state index contributed by atoms with van der Waals surface area (Å²) < 4.78 is 7.71. The molecule has 0 aliphatic rings. The summed E-state index contributed by atoms with van der Waals surface area (Å²) >= 11 is 1.58. The van der Waals surface area contributed by atoms with Gasteiger partial charge in [0.2, 0.25) is 0 Å². The highest BCUT2D eigenvalue weighted by atomic mass is 32.1. The van der Waals surface area contributed by atoms with Gasteiger partial charge in [-0.2, -0.15) is 0 Å². The molecule has 5 heteroatoms. The SMILES string of the molecule is CC(=O)c1cc(C)ccc1OCc1cn2ccsc2n1. The summed E-state index contributed by atoms with van der Waals surface area (Å²) in [7, 11) is 0. The predicted molar refractivity (Wildman–Crippen MR) is 78.6 cm³/mol. The Labute approximate surface area is 120 Å². The van der Waals surface area contributed by atoms with E-state index in [9.17, 15) is 4.79 Å². The van der Waals surface area contributed by atoms with E-state index < -0.39 is 0 Å². The number of Topliss-reactive ketones (excluding diaryl/α,β-unsaturated/α-hetero) is 1. The van der Waals surface area contributed by atoms with Crippen molar-refractivity contribution in [3.8, 4) is 5.75 Å². The van der Waals surface area contributed by atoms with Crippen LogP contribution in [0.1, 0.15) is 28.5 Å². The highest BCUT2D eigenvalue weighted by Gasteiger charge is 2.10. The third-order valence-corrected chi connectivity index (χ3v) is 3.80. The molecule has 0 amide bonds. The van der Waals surface area contributed by atoms with Crippen molar-refractivity contribution in [2.24, 2.45) is 0 Å². The smallest absolute Gasteiger partial charge is 0.193 e. The second-order valence-corrected chi connectivity index (χ2v) is 5.54. The molecule has 0 unspecified atom stereocenters. The van der Waals surface area contributed by atoms with E-state index in [4.69, 9.17) is 4.74 Å². The highest BCUT2D eigenvalue weighted by molar-refractivity contribution is 7.15. The Bertz CT molecular complexity index is 745. The molecule has 0 saturated carbocycles. The number of ether oxygens (including phenoxy) is 1. The normalized spacial score (nSPS) is 10.9. The minimum absolute atomic E-state index is 0.00882. The molecule has 0 N–H and O–H groups in total. The second kappa shape index (κ2) is 5.09. The predicted octanol–water partition coefficient (Wildman–Crippen LogP) is 3.49. The maximum Gasteiger partial charge on any atom is 0.193 e. The van der Waals surface area contributed by atoms with Gasteiger partial charge < -0.3 is 4.74 Å². The van der Waals surface area contributed by atoms with E-state index in [-0.39, 0.29) is 5.78 Å². The minimum atomic E-state index is 0.00882. The zero-order valence-corrected chi connectivity index (χ0v) is 12.1. The summed E-state index contributed by atoms with van der Waals surface area (Å²) in [6.07, 6.45) is 3.90. The lowest BCUT2D eigenvalue weighted by molar-refractivity contribution is 0.101. The molecule has 0 atom stereocenters. The first kappa shape index (κ1) is 12.9. The Morgan fingerprint density at radius 3 is 3.05 bits per heavy atom. The van der Waals surface area contributed by atoms with Gasteiger partial charge in [-0.15, -0.1) is 11.3 Å². The molecule has 0 aliphatic carbocycles. The molecule has 2 aromatic heterocycles. The van der Waals surface area contributed by atoms with Gasteiger partial charge in [0.1, 0.15) is 12.4 Å². The number of hydrogen-bond donors (Lipinski definition) is 0. The quantitative estimate of drug-likeness (QED) is 0.690.